The summed E-state index contributed by atoms with van der Waals surface area (Å²) in [5.41, 5.74) is 0.372. The number of halogens is 1. The molecule has 0 bridgehead atoms. The van der Waals surface area contributed by atoms with Gasteiger partial charge in [0.1, 0.15) is 25.0 Å². The number of ketones is 1. The second kappa shape index (κ2) is 6.11. The molecule has 0 saturated carbocycles. The normalized spacial score (nSPS) is 9.56. The van der Waals surface area contributed by atoms with Gasteiger partial charge in [-0.05, 0) is 12.1 Å². The highest BCUT2D eigenvalue weighted by Crippen LogP contribution is 2.21. The van der Waals surface area contributed by atoms with Crippen LogP contribution in [0.4, 0.5) is 0 Å². The molecule has 1 aromatic carbocycles. The molecule has 0 aromatic heterocycles. The number of carbonyl (C=O) groups is 1. The monoisotopic (exact) mass is 239 g/mol. The van der Waals surface area contributed by atoms with Crippen molar-refractivity contribution in [2.75, 3.05) is 20.3 Å². The van der Waals surface area contributed by atoms with Crippen molar-refractivity contribution in [1.82, 2.24) is 0 Å². The predicted octanol–water partition coefficient (Wildman–Crippen LogP) is 1.81. The minimum absolute atomic E-state index is 0.0179. The molecule has 0 aliphatic rings. The first-order valence-electron chi connectivity index (χ1n) is 4.50. The molecule has 0 aliphatic carbocycles. The van der Waals surface area contributed by atoms with Crippen LogP contribution in [0.2, 0.25) is 5.02 Å². The van der Waals surface area contributed by atoms with Gasteiger partial charge in [0.05, 0.1) is 10.6 Å². The standard InChI is InChI=1S/C11H10ClNO3/c1-15-6-9(14)7-16-10-3-2-8(5-13)11(12)4-10/h2-4H,6-7H2,1H3. The molecule has 1 aromatic rings. The zero-order valence-corrected chi connectivity index (χ0v) is 9.45. The molecule has 0 radical (unpaired) electrons. The molecular formula is C11H10ClNO3. The number of ether oxygens (including phenoxy) is 2. The van der Waals surface area contributed by atoms with Crippen LogP contribution in [0, 0.1) is 11.3 Å². The van der Waals surface area contributed by atoms with Crippen LogP contribution in [0.25, 0.3) is 0 Å². The summed E-state index contributed by atoms with van der Waals surface area (Å²) >= 11 is 5.79. The molecule has 0 fully saturated rings. The minimum Gasteiger partial charge on any atom is -0.486 e. The van der Waals surface area contributed by atoms with E-state index in [4.69, 9.17) is 21.6 Å². The fourth-order valence-corrected chi connectivity index (χ4v) is 1.26. The van der Waals surface area contributed by atoms with E-state index in [1.165, 1.54) is 13.2 Å². The second-order valence-corrected chi connectivity index (χ2v) is 3.42. The lowest BCUT2D eigenvalue weighted by atomic mass is 10.2. The Kier molecular flexibility index (Phi) is 4.77. The summed E-state index contributed by atoms with van der Waals surface area (Å²) in [6, 6.07) is 6.56. The van der Waals surface area contributed by atoms with Crippen molar-refractivity contribution in [3.05, 3.63) is 28.8 Å². The summed E-state index contributed by atoms with van der Waals surface area (Å²) in [7, 11) is 1.44. The van der Waals surface area contributed by atoms with Gasteiger partial charge in [0.15, 0.2) is 5.78 Å². The van der Waals surface area contributed by atoms with Crippen molar-refractivity contribution >= 4 is 17.4 Å². The van der Waals surface area contributed by atoms with E-state index in [9.17, 15) is 4.79 Å². The van der Waals surface area contributed by atoms with E-state index in [-0.39, 0.29) is 19.0 Å². The van der Waals surface area contributed by atoms with Crippen molar-refractivity contribution in [1.29, 1.82) is 5.26 Å². The van der Waals surface area contributed by atoms with Crippen molar-refractivity contribution in [2.45, 2.75) is 0 Å². The lowest BCUT2D eigenvalue weighted by Crippen LogP contribution is -2.16. The van der Waals surface area contributed by atoms with Crippen molar-refractivity contribution < 1.29 is 14.3 Å². The van der Waals surface area contributed by atoms with Gasteiger partial charge in [0, 0.05) is 13.2 Å². The highest BCUT2D eigenvalue weighted by Gasteiger charge is 2.05. The summed E-state index contributed by atoms with van der Waals surface area (Å²) in [6.45, 7) is -0.0555. The average Bonchev–Trinajstić information content (AvgIpc) is 2.27. The third-order valence-corrected chi connectivity index (χ3v) is 2.08. The number of methoxy groups -OCH3 is 1. The fraction of sp³-hybridized carbons (Fsp3) is 0.273. The third kappa shape index (κ3) is 3.54. The number of hydrogen-bond donors (Lipinski definition) is 0. The summed E-state index contributed by atoms with van der Waals surface area (Å²) in [6.07, 6.45) is 0. The van der Waals surface area contributed by atoms with Gasteiger partial charge in [-0.25, -0.2) is 0 Å². The van der Waals surface area contributed by atoms with E-state index in [1.54, 1.807) is 12.1 Å². The van der Waals surface area contributed by atoms with Gasteiger partial charge >= 0.3 is 0 Å². The molecule has 5 heteroatoms. The maximum Gasteiger partial charge on any atom is 0.195 e. The first-order valence-corrected chi connectivity index (χ1v) is 4.88. The van der Waals surface area contributed by atoms with Crippen LogP contribution in [-0.2, 0) is 9.53 Å². The van der Waals surface area contributed by atoms with Gasteiger partial charge in [-0.2, -0.15) is 5.26 Å². The molecule has 0 N–H and O–H groups in total. The number of nitriles is 1. The Bertz CT molecular complexity index is 426. The highest BCUT2D eigenvalue weighted by atomic mass is 35.5. The maximum atomic E-state index is 11.1. The molecule has 4 nitrogen and oxygen atoms in total. The lowest BCUT2D eigenvalue weighted by Gasteiger charge is -2.05. The molecule has 84 valence electrons. The van der Waals surface area contributed by atoms with E-state index in [2.05, 4.69) is 4.74 Å². The van der Waals surface area contributed by atoms with Gasteiger partial charge < -0.3 is 9.47 Å². The molecule has 0 aliphatic heterocycles. The molecule has 1 rings (SSSR count). The summed E-state index contributed by atoms with van der Waals surface area (Å²) in [4.78, 5) is 11.1. The van der Waals surface area contributed by atoms with Crippen LogP contribution < -0.4 is 4.74 Å². The number of rotatable bonds is 5. The predicted molar refractivity (Wildman–Crippen MR) is 58.5 cm³/mol. The molecule has 0 atom stereocenters. The van der Waals surface area contributed by atoms with Gasteiger partial charge in [-0.1, -0.05) is 11.6 Å². The third-order valence-electron chi connectivity index (χ3n) is 1.77. The van der Waals surface area contributed by atoms with E-state index in [1.807, 2.05) is 6.07 Å². The molecule has 0 spiro atoms. The van der Waals surface area contributed by atoms with E-state index in [0.29, 0.717) is 16.3 Å². The van der Waals surface area contributed by atoms with Gasteiger partial charge in [0.2, 0.25) is 0 Å². The summed E-state index contributed by atoms with van der Waals surface area (Å²) in [5.74, 6) is 0.288. The van der Waals surface area contributed by atoms with Gasteiger partial charge in [-0.15, -0.1) is 0 Å². The van der Waals surface area contributed by atoms with Crippen LogP contribution in [0.3, 0.4) is 0 Å². The topological polar surface area (TPSA) is 59.3 Å². The zero-order chi connectivity index (χ0) is 12.0. The Balaban J connectivity index is 2.59. The number of hydrogen-bond acceptors (Lipinski definition) is 4. The molecule has 0 saturated heterocycles. The Labute approximate surface area is 98.3 Å². The van der Waals surface area contributed by atoms with Crippen LogP contribution in [0.15, 0.2) is 18.2 Å². The van der Waals surface area contributed by atoms with Crippen molar-refractivity contribution in [3.63, 3.8) is 0 Å². The smallest absolute Gasteiger partial charge is 0.195 e. The number of carbonyl (C=O) groups excluding carboxylic acids is 1. The summed E-state index contributed by atoms with van der Waals surface area (Å²) in [5, 5.41) is 8.96. The number of nitrogens with zero attached hydrogens (tertiary/aromatic N) is 1. The Morgan fingerprint density at radius 2 is 2.25 bits per heavy atom. The van der Waals surface area contributed by atoms with Gasteiger partial charge in [0.25, 0.3) is 0 Å². The maximum absolute atomic E-state index is 11.1. The lowest BCUT2D eigenvalue weighted by molar-refractivity contribution is -0.124. The summed E-state index contributed by atoms with van der Waals surface area (Å²) < 4.78 is 9.83. The molecule has 0 unspecified atom stereocenters. The van der Waals surface area contributed by atoms with Crippen LogP contribution in [0.5, 0.6) is 5.75 Å². The average molecular weight is 240 g/mol. The Morgan fingerprint density at radius 3 is 2.81 bits per heavy atom. The van der Waals surface area contributed by atoms with E-state index >= 15 is 0 Å². The van der Waals surface area contributed by atoms with E-state index < -0.39 is 0 Å². The van der Waals surface area contributed by atoms with E-state index in [0.717, 1.165) is 0 Å². The van der Waals surface area contributed by atoms with Crippen molar-refractivity contribution in [3.8, 4) is 11.8 Å². The highest BCUT2D eigenvalue weighted by molar-refractivity contribution is 6.31. The second-order valence-electron chi connectivity index (χ2n) is 3.01. The largest absolute Gasteiger partial charge is 0.486 e. The first kappa shape index (κ1) is 12.5. The Morgan fingerprint density at radius 1 is 1.50 bits per heavy atom. The number of benzene rings is 1. The van der Waals surface area contributed by atoms with Crippen LogP contribution in [0.1, 0.15) is 5.56 Å². The zero-order valence-electron chi connectivity index (χ0n) is 8.70. The SMILES string of the molecule is COCC(=O)COc1ccc(C#N)c(Cl)c1. The molecule has 0 heterocycles. The van der Waals surface area contributed by atoms with Crippen LogP contribution >= 0.6 is 11.6 Å². The van der Waals surface area contributed by atoms with Crippen molar-refractivity contribution in [2.24, 2.45) is 0 Å². The molecule has 16 heavy (non-hydrogen) atoms. The van der Waals surface area contributed by atoms with Crippen LogP contribution in [-0.4, -0.2) is 26.1 Å². The van der Waals surface area contributed by atoms with Gasteiger partial charge in [-0.3, -0.25) is 4.79 Å². The quantitative estimate of drug-likeness (QED) is 0.786. The number of Topliss-reactive ketones (excluding diaryl/α,β-unsaturated/α-hetero) is 1. The Hall–Kier alpha value is -1.57. The first-order chi connectivity index (χ1) is 7.67. The molecule has 0 amide bonds. The molecular weight excluding hydrogens is 230 g/mol. The fourth-order valence-electron chi connectivity index (χ4n) is 1.04. The minimum atomic E-state index is -0.164.